The van der Waals surface area contributed by atoms with E-state index >= 15 is 0 Å². The van der Waals surface area contributed by atoms with Crippen molar-refractivity contribution in [2.24, 2.45) is 5.73 Å². The van der Waals surface area contributed by atoms with Crippen LogP contribution in [-0.2, 0) is 5.54 Å². The second-order valence-corrected chi connectivity index (χ2v) is 4.42. The van der Waals surface area contributed by atoms with E-state index in [1.807, 2.05) is 0 Å². The van der Waals surface area contributed by atoms with Gasteiger partial charge in [-0.05, 0) is 25.0 Å². The largest absolute Gasteiger partial charge is 0.321 e. The summed E-state index contributed by atoms with van der Waals surface area (Å²) in [5.41, 5.74) is 6.30. The Bertz CT molecular complexity index is 345. The molecule has 0 bridgehead atoms. The molecule has 1 fully saturated rings. The summed E-state index contributed by atoms with van der Waals surface area (Å²) in [6.45, 7) is 0. The van der Waals surface area contributed by atoms with Crippen molar-refractivity contribution in [3.63, 3.8) is 0 Å². The maximum atomic E-state index is 13.6. The van der Waals surface area contributed by atoms with Gasteiger partial charge in [0.25, 0.3) is 0 Å². The van der Waals surface area contributed by atoms with Crippen molar-refractivity contribution in [3.8, 4) is 0 Å². The van der Waals surface area contributed by atoms with Crippen LogP contribution in [0.5, 0.6) is 0 Å². The van der Waals surface area contributed by atoms with Crippen LogP contribution in [0.2, 0.25) is 5.02 Å². The maximum Gasteiger partial charge on any atom is 0.129 e. The molecule has 1 aromatic carbocycles. The predicted molar refractivity (Wildman–Crippen MR) is 55.7 cm³/mol. The van der Waals surface area contributed by atoms with Crippen molar-refractivity contribution in [1.82, 2.24) is 0 Å². The molecule has 0 spiro atoms. The molecule has 1 nitrogen and oxygen atoms in total. The van der Waals surface area contributed by atoms with Crippen LogP contribution < -0.4 is 5.73 Å². The number of hydrogen-bond donors (Lipinski definition) is 1. The molecule has 1 aromatic rings. The first-order valence-corrected chi connectivity index (χ1v) is 5.24. The molecule has 1 saturated carbocycles. The first-order valence-electron chi connectivity index (χ1n) is 4.86. The lowest BCUT2D eigenvalue weighted by Crippen LogP contribution is -2.34. The highest BCUT2D eigenvalue weighted by molar-refractivity contribution is 6.30. The van der Waals surface area contributed by atoms with Gasteiger partial charge in [0.05, 0.1) is 0 Å². The van der Waals surface area contributed by atoms with Crippen LogP contribution in [0.25, 0.3) is 0 Å². The van der Waals surface area contributed by atoms with Gasteiger partial charge in [-0.25, -0.2) is 4.39 Å². The van der Waals surface area contributed by atoms with Gasteiger partial charge in [0.1, 0.15) is 5.82 Å². The van der Waals surface area contributed by atoms with Crippen LogP contribution in [0.15, 0.2) is 18.2 Å². The Kier molecular flexibility index (Phi) is 2.50. The Morgan fingerprint density at radius 1 is 1.29 bits per heavy atom. The predicted octanol–water partition coefficient (Wildman–Crippen LogP) is 3.21. The van der Waals surface area contributed by atoms with E-state index in [0.717, 1.165) is 25.7 Å². The zero-order valence-electron chi connectivity index (χ0n) is 7.89. The van der Waals surface area contributed by atoms with Gasteiger partial charge in [-0.15, -0.1) is 0 Å². The lowest BCUT2D eigenvalue weighted by molar-refractivity contribution is 0.433. The molecule has 0 unspecified atom stereocenters. The minimum absolute atomic E-state index is 0.276. The van der Waals surface area contributed by atoms with Crippen molar-refractivity contribution in [3.05, 3.63) is 34.6 Å². The second kappa shape index (κ2) is 3.52. The first-order chi connectivity index (χ1) is 6.62. The van der Waals surface area contributed by atoms with Crippen molar-refractivity contribution < 1.29 is 4.39 Å². The van der Waals surface area contributed by atoms with Gasteiger partial charge in [0.2, 0.25) is 0 Å². The fraction of sp³-hybridized carbons (Fsp3) is 0.455. The third kappa shape index (κ3) is 1.64. The van der Waals surface area contributed by atoms with E-state index in [1.165, 1.54) is 6.07 Å². The molecule has 0 saturated heterocycles. The summed E-state index contributed by atoms with van der Waals surface area (Å²) in [5.74, 6) is -0.276. The number of nitrogens with two attached hydrogens (primary N) is 1. The Morgan fingerprint density at radius 2 is 1.93 bits per heavy atom. The van der Waals surface area contributed by atoms with Crippen LogP contribution in [0.4, 0.5) is 4.39 Å². The van der Waals surface area contributed by atoms with Crippen LogP contribution in [0.3, 0.4) is 0 Å². The molecule has 1 aliphatic carbocycles. The molecule has 2 rings (SSSR count). The molecule has 0 amide bonds. The minimum Gasteiger partial charge on any atom is -0.321 e. The summed E-state index contributed by atoms with van der Waals surface area (Å²) >= 11 is 5.69. The SMILES string of the molecule is NC1(c2ccc(Cl)cc2F)CCCC1. The summed E-state index contributed by atoms with van der Waals surface area (Å²) in [7, 11) is 0. The van der Waals surface area contributed by atoms with Gasteiger partial charge < -0.3 is 5.73 Å². The van der Waals surface area contributed by atoms with Gasteiger partial charge in [-0.3, -0.25) is 0 Å². The molecule has 0 aromatic heterocycles. The average Bonchev–Trinajstić information content (AvgIpc) is 2.52. The Hall–Kier alpha value is -0.600. The number of rotatable bonds is 1. The molecule has 0 aliphatic heterocycles. The zero-order chi connectivity index (χ0) is 10.2. The molecule has 1 aliphatic rings. The third-order valence-corrected chi connectivity index (χ3v) is 3.20. The maximum absolute atomic E-state index is 13.6. The van der Waals surface area contributed by atoms with Gasteiger partial charge in [-0.1, -0.05) is 30.5 Å². The first kappa shape index (κ1) is 9.94. The van der Waals surface area contributed by atoms with Crippen molar-refractivity contribution in [2.75, 3.05) is 0 Å². The Morgan fingerprint density at radius 3 is 2.50 bits per heavy atom. The van der Waals surface area contributed by atoms with Gasteiger partial charge in [0.15, 0.2) is 0 Å². The highest BCUT2D eigenvalue weighted by Crippen LogP contribution is 2.37. The van der Waals surface area contributed by atoms with Crippen LogP contribution in [0.1, 0.15) is 31.2 Å². The normalized spacial score (nSPS) is 19.9. The van der Waals surface area contributed by atoms with Crippen molar-refractivity contribution in [2.45, 2.75) is 31.2 Å². The monoisotopic (exact) mass is 213 g/mol. The molecular formula is C11H13ClFN. The smallest absolute Gasteiger partial charge is 0.129 e. The summed E-state index contributed by atoms with van der Waals surface area (Å²) in [5, 5.41) is 0.424. The van der Waals surface area contributed by atoms with Crippen LogP contribution >= 0.6 is 11.6 Å². The van der Waals surface area contributed by atoms with E-state index in [4.69, 9.17) is 17.3 Å². The molecule has 0 atom stereocenters. The molecular weight excluding hydrogens is 201 g/mol. The molecule has 0 radical (unpaired) electrons. The van der Waals surface area contributed by atoms with Gasteiger partial charge in [0, 0.05) is 16.1 Å². The lowest BCUT2D eigenvalue weighted by Gasteiger charge is -2.24. The fourth-order valence-corrected chi connectivity index (χ4v) is 2.33. The number of halogens is 2. The number of hydrogen-bond acceptors (Lipinski definition) is 1. The van der Waals surface area contributed by atoms with Crippen molar-refractivity contribution >= 4 is 11.6 Å². The van der Waals surface area contributed by atoms with E-state index < -0.39 is 5.54 Å². The Balaban J connectivity index is 2.40. The summed E-state index contributed by atoms with van der Waals surface area (Å²) in [6.07, 6.45) is 3.90. The van der Waals surface area contributed by atoms with E-state index in [2.05, 4.69) is 0 Å². The summed E-state index contributed by atoms with van der Waals surface area (Å²) < 4.78 is 13.6. The minimum atomic E-state index is -0.464. The molecule has 3 heteroatoms. The summed E-state index contributed by atoms with van der Waals surface area (Å²) in [4.78, 5) is 0. The third-order valence-electron chi connectivity index (χ3n) is 2.96. The summed E-state index contributed by atoms with van der Waals surface area (Å²) in [6, 6.07) is 4.75. The molecule has 76 valence electrons. The second-order valence-electron chi connectivity index (χ2n) is 3.99. The van der Waals surface area contributed by atoms with E-state index in [9.17, 15) is 4.39 Å². The van der Waals surface area contributed by atoms with Crippen LogP contribution in [0, 0.1) is 5.82 Å². The lowest BCUT2D eigenvalue weighted by atomic mass is 9.89. The quantitative estimate of drug-likeness (QED) is 0.762. The average molecular weight is 214 g/mol. The van der Waals surface area contributed by atoms with E-state index in [0.29, 0.717) is 10.6 Å². The highest BCUT2D eigenvalue weighted by atomic mass is 35.5. The number of benzene rings is 1. The topological polar surface area (TPSA) is 26.0 Å². The van der Waals surface area contributed by atoms with E-state index in [1.54, 1.807) is 12.1 Å². The highest BCUT2D eigenvalue weighted by Gasteiger charge is 2.33. The zero-order valence-corrected chi connectivity index (χ0v) is 8.65. The van der Waals surface area contributed by atoms with Gasteiger partial charge >= 0.3 is 0 Å². The standard InChI is InChI=1S/C11H13ClFN/c12-8-3-4-9(10(13)7-8)11(14)5-1-2-6-11/h3-4,7H,1-2,5-6,14H2. The molecule has 2 N–H and O–H groups in total. The van der Waals surface area contributed by atoms with E-state index in [-0.39, 0.29) is 5.82 Å². The van der Waals surface area contributed by atoms with Crippen molar-refractivity contribution in [1.29, 1.82) is 0 Å². The Labute approximate surface area is 88.1 Å². The van der Waals surface area contributed by atoms with Crippen LogP contribution in [-0.4, -0.2) is 0 Å². The molecule has 14 heavy (non-hydrogen) atoms. The van der Waals surface area contributed by atoms with Gasteiger partial charge in [-0.2, -0.15) is 0 Å². The fourth-order valence-electron chi connectivity index (χ4n) is 2.17. The molecule has 0 heterocycles.